The molecule has 6 nitrogen and oxygen atoms in total. The number of carbonyl (C=O) groups is 1. The van der Waals surface area contributed by atoms with Crippen molar-refractivity contribution in [3.63, 3.8) is 0 Å². The maximum atomic E-state index is 14.5. The standard InChI is InChI=1S/C21H25F3N4O2/c1-11(13-7-6-8-14(17(13)22)18(23)24)25-19-15-9-28(20(29)30-21(3,4)5)10-16(15)26-12(2)27-19/h6-8,11,18H,9-10H2,1-5H3,(H,25,26,27)/t11-/m1/s1. The predicted octanol–water partition coefficient (Wildman–Crippen LogP) is 5.29. The van der Waals surface area contributed by atoms with Crippen molar-refractivity contribution in [1.82, 2.24) is 14.9 Å². The van der Waals surface area contributed by atoms with Gasteiger partial charge in [0.15, 0.2) is 0 Å². The van der Waals surface area contributed by atoms with Crippen molar-refractivity contribution in [3.8, 4) is 0 Å². The average molecular weight is 422 g/mol. The van der Waals surface area contributed by atoms with E-state index < -0.39 is 35.5 Å². The van der Waals surface area contributed by atoms with Crippen LogP contribution in [-0.2, 0) is 17.8 Å². The Morgan fingerprint density at radius 2 is 1.87 bits per heavy atom. The minimum absolute atomic E-state index is 0.111. The number of rotatable bonds is 4. The molecule has 1 aliphatic heterocycles. The number of nitrogens with zero attached hydrogens (tertiary/aromatic N) is 3. The highest BCUT2D eigenvalue weighted by molar-refractivity contribution is 5.70. The summed E-state index contributed by atoms with van der Waals surface area (Å²) in [4.78, 5) is 22.7. The molecule has 0 spiro atoms. The molecule has 162 valence electrons. The van der Waals surface area contributed by atoms with Crippen LogP contribution in [0.25, 0.3) is 0 Å². The molecular weight excluding hydrogens is 397 g/mol. The van der Waals surface area contributed by atoms with Gasteiger partial charge in [0.25, 0.3) is 6.43 Å². The van der Waals surface area contributed by atoms with Crippen molar-refractivity contribution in [2.75, 3.05) is 5.32 Å². The molecule has 0 saturated heterocycles. The minimum atomic E-state index is -2.90. The number of halogens is 3. The molecule has 3 rings (SSSR count). The monoisotopic (exact) mass is 422 g/mol. The SMILES string of the molecule is Cc1nc2c(c(N[C@H](C)c3cccc(C(F)F)c3F)n1)CN(C(=O)OC(C)(C)C)C2. The molecule has 2 aromatic rings. The van der Waals surface area contributed by atoms with Crippen LogP contribution in [0.3, 0.4) is 0 Å². The maximum Gasteiger partial charge on any atom is 0.410 e. The van der Waals surface area contributed by atoms with Crippen LogP contribution in [0.15, 0.2) is 18.2 Å². The van der Waals surface area contributed by atoms with Crippen LogP contribution in [-0.4, -0.2) is 26.6 Å². The van der Waals surface area contributed by atoms with Gasteiger partial charge in [0, 0.05) is 11.1 Å². The zero-order chi connectivity index (χ0) is 22.2. The normalized spacial score (nSPS) is 14.6. The second-order valence-electron chi connectivity index (χ2n) is 8.30. The van der Waals surface area contributed by atoms with Crippen molar-refractivity contribution in [1.29, 1.82) is 0 Å². The van der Waals surface area contributed by atoms with Crippen LogP contribution in [0.2, 0.25) is 0 Å². The van der Waals surface area contributed by atoms with E-state index in [1.165, 1.54) is 17.0 Å². The van der Waals surface area contributed by atoms with Gasteiger partial charge in [-0.1, -0.05) is 18.2 Å². The Kier molecular flexibility index (Phi) is 5.92. The van der Waals surface area contributed by atoms with E-state index in [4.69, 9.17) is 4.74 Å². The summed E-state index contributed by atoms with van der Waals surface area (Å²) in [6.45, 7) is 9.24. The third-order valence-electron chi connectivity index (χ3n) is 4.66. The average Bonchev–Trinajstić information content (AvgIpc) is 3.04. The molecule has 1 atom stereocenters. The fourth-order valence-electron chi connectivity index (χ4n) is 3.31. The molecule has 0 fully saturated rings. The first kappa shape index (κ1) is 21.9. The minimum Gasteiger partial charge on any atom is -0.444 e. The lowest BCUT2D eigenvalue weighted by Gasteiger charge is -2.24. The summed E-state index contributed by atoms with van der Waals surface area (Å²) in [6, 6.07) is 3.30. The highest BCUT2D eigenvalue weighted by Gasteiger charge is 2.31. The van der Waals surface area contributed by atoms with Crippen molar-refractivity contribution in [2.24, 2.45) is 0 Å². The van der Waals surface area contributed by atoms with Gasteiger partial charge in [-0.25, -0.2) is 27.9 Å². The van der Waals surface area contributed by atoms with Crippen molar-refractivity contribution in [2.45, 2.75) is 65.8 Å². The van der Waals surface area contributed by atoms with E-state index >= 15 is 0 Å². The number of anilines is 1. The predicted molar refractivity (Wildman–Crippen MR) is 106 cm³/mol. The van der Waals surface area contributed by atoms with Crippen molar-refractivity contribution >= 4 is 11.9 Å². The highest BCUT2D eigenvalue weighted by atomic mass is 19.3. The number of fused-ring (bicyclic) bond motifs is 1. The topological polar surface area (TPSA) is 67.4 Å². The van der Waals surface area contributed by atoms with Crippen molar-refractivity contribution in [3.05, 3.63) is 52.2 Å². The quantitative estimate of drug-likeness (QED) is 0.726. The van der Waals surface area contributed by atoms with Gasteiger partial charge in [-0.3, -0.25) is 4.90 Å². The van der Waals surface area contributed by atoms with Gasteiger partial charge in [-0.05, 0) is 34.6 Å². The van der Waals surface area contributed by atoms with Crippen LogP contribution in [0.5, 0.6) is 0 Å². The van der Waals surface area contributed by atoms with Crippen LogP contribution >= 0.6 is 0 Å². The zero-order valence-electron chi connectivity index (χ0n) is 17.6. The molecule has 0 bridgehead atoms. The number of hydrogen-bond donors (Lipinski definition) is 1. The second-order valence-corrected chi connectivity index (χ2v) is 8.30. The van der Waals surface area contributed by atoms with Gasteiger partial charge in [0.05, 0.1) is 30.4 Å². The van der Waals surface area contributed by atoms with Crippen LogP contribution in [0, 0.1) is 12.7 Å². The lowest BCUT2D eigenvalue weighted by molar-refractivity contribution is 0.0241. The number of nitrogens with one attached hydrogen (secondary N) is 1. The zero-order valence-corrected chi connectivity index (χ0v) is 17.6. The fraction of sp³-hybridized carbons (Fsp3) is 0.476. The highest BCUT2D eigenvalue weighted by Crippen LogP contribution is 2.32. The molecular formula is C21H25F3N4O2. The van der Waals surface area contributed by atoms with E-state index in [0.717, 1.165) is 6.07 Å². The Balaban J connectivity index is 1.85. The molecule has 1 aliphatic rings. The molecule has 1 amide bonds. The van der Waals surface area contributed by atoms with Gasteiger partial charge in [0.2, 0.25) is 0 Å². The van der Waals surface area contributed by atoms with E-state index in [-0.39, 0.29) is 18.7 Å². The maximum absolute atomic E-state index is 14.5. The second kappa shape index (κ2) is 8.12. The number of hydrogen-bond acceptors (Lipinski definition) is 5. The largest absolute Gasteiger partial charge is 0.444 e. The van der Waals surface area contributed by atoms with Gasteiger partial charge < -0.3 is 10.1 Å². The number of amides is 1. The molecule has 1 aromatic heterocycles. The Bertz CT molecular complexity index is 960. The summed E-state index contributed by atoms with van der Waals surface area (Å²) < 4.78 is 46.0. The van der Waals surface area contributed by atoms with Crippen molar-refractivity contribution < 1.29 is 22.7 Å². The van der Waals surface area contributed by atoms with Crippen LogP contribution in [0.1, 0.15) is 68.4 Å². The Morgan fingerprint density at radius 1 is 1.20 bits per heavy atom. The smallest absolute Gasteiger partial charge is 0.410 e. The molecule has 1 N–H and O–H groups in total. The Morgan fingerprint density at radius 3 is 2.50 bits per heavy atom. The molecule has 0 radical (unpaired) electrons. The molecule has 2 heterocycles. The van der Waals surface area contributed by atoms with E-state index in [0.29, 0.717) is 22.9 Å². The third kappa shape index (κ3) is 4.66. The third-order valence-corrected chi connectivity index (χ3v) is 4.66. The summed E-state index contributed by atoms with van der Waals surface area (Å²) in [5.41, 5.74) is 0.214. The Labute approximate surface area is 173 Å². The van der Waals surface area contributed by atoms with Gasteiger partial charge in [-0.15, -0.1) is 0 Å². The summed E-state index contributed by atoms with van der Waals surface area (Å²) >= 11 is 0. The van der Waals surface area contributed by atoms with E-state index in [1.807, 2.05) is 0 Å². The fourth-order valence-corrected chi connectivity index (χ4v) is 3.31. The van der Waals surface area contributed by atoms with Gasteiger partial charge in [-0.2, -0.15) is 0 Å². The molecule has 1 aromatic carbocycles. The number of benzene rings is 1. The summed E-state index contributed by atoms with van der Waals surface area (Å²) in [5, 5.41) is 3.10. The first-order valence-electron chi connectivity index (χ1n) is 9.63. The number of ether oxygens (including phenoxy) is 1. The lowest BCUT2D eigenvalue weighted by Crippen LogP contribution is -2.33. The molecule has 9 heteroatoms. The molecule has 0 saturated carbocycles. The number of carbonyl (C=O) groups excluding carboxylic acids is 1. The Hall–Kier alpha value is -2.84. The lowest BCUT2D eigenvalue weighted by atomic mass is 10.0. The first-order chi connectivity index (χ1) is 14.0. The molecule has 30 heavy (non-hydrogen) atoms. The molecule has 0 aliphatic carbocycles. The van der Waals surface area contributed by atoms with E-state index in [2.05, 4.69) is 15.3 Å². The van der Waals surface area contributed by atoms with E-state index in [1.54, 1.807) is 34.6 Å². The van der Waals surface area contributed by atoms with Crippen LogP contribution in [0.4, 0.5) is 23.8 Å². The van der Waals surface area contributed by atoms with Gasteiger partial charge in [0.1, 0.15) is 23.1 Å². The van der Waals surface area contributed by atoms with Gasteiger partial charge >= 0.3 is 6.09 Å². The van der Waals surface area contributed by atoms with E-state index in [9.17, 15) is 18.0 Å². The number of alkyl halides is 2. The summed E-state index contributed by atoms with van der Waals surface area (Å²) in [7, 11) is 0. The summed E-state index contributed by atoms with van der Waals surface area (Å²) in [5.74, 6) is -0.0143. The van der Waals surface area contributed by atoms with Crippen LogP contribution < -0.4 is 5.32 Å². The number of aromatic nitrogens is 2. The molecule has 0 unspecified atom stereocenters. The number of aryl methyl sites for hydroxylation is 1. The first-order valence-corrected chi connectivity index (χ1v) is 9.63. The summed E-state index contributed by atoms with van der Waals surface area (Å²) in [6.07, 6.45) is -3.36.